The van der Waals surface area contributed by atoms with Crippen LogP contribution in [0.15, 0.2) is 152 Å². The van der Waals surface area contributed by atoms with Crippen LogP contribution in [0.3, 0.4) is 0 Å². The lowest BCUT2D eigenvalue weighted by Gasteiger charge is -2.29. The van der Waals surface area contributed by atoms with Gasteiger partial charge in [0, 0.05) is 22.9 Å². The largest absolute Gasteiger partial charge is 0.450 e. The third-order valence-electron chi connectivity index (χ3n) is 9.53. The van der Waals surface area contributed by atoms with Gasteiger partial charge in [-0.25, -0.2) is 0 Å². The topological polar surface area (TPSA) is 21.7 Å². The lowest BCUT2D eigenvalue weighted by atomic mass is 9.82. The summed E-state index contributed by atoms with van der Waals surface area (Å²) in [6.45, 7) is 4.65. The van der Waals surface area contributed by atoms with E-state index in [0.717, 1.165) is 28.6 Å². The maximum Gasteiger partial charge on any atom is 0.172 e. The third kappa shape index (κ3) is 4.13. The molecular formula is C43H31NO2. The highest BCUT2D eigenvalue weighted by molar-refractivity contribution is 5.97. The van der Waals surface area contributed by atoms with E-state index in [1.165, 1.54) is 44.2 Å². The van der Waals surface area contributed by atoms with Crippen molar-refractivity contribution < 1.29 is 9.47 Å². The second kappa shape index (κ2) is 10.1. The number of hydrogen-bond acceptors (Lipinski definition) is 3. The Labute approximate surface area is 268 Å². The summed E-state index contributed by atoms with van der Waals surface area (Å²) in [5.74, 6) is 2.85. The molecule has 0 unspecified atom stereocenters. The standard InChI is InChI=1S/C43H31NO2/c1-43(2)37-15-6-5-13-35(37)36-24-22-31(26-38(36)43)44(32-23-25-41-42(27-32)46-40-17-8-7-16-39(40)45-41)30-20-18-29(19-21-30)34-14-9-11-28-10-3-4-12-33(28)34/h3-27H,1-2H3. The minimum Gasteiger partial charge on any atom is -0.450 e. The second-order valence-corrected chi connectivity index (χ2v) is 12.6. The van der Waals surface area contributed by atoms with Crippen LogP contribution in [0, 0.1) is 0 Å². The Hall–Kier alpha value is -5.80. The third-order valence-corrected chi connectivity index (χ3v) is 9.53. The lowest BCUT2D eigenvalue weighted by molar-refractivity contribution is 0.360. The van der Waals surface area contributed by atoms with E-state index < -0.39 is 0 Å². The molecule has 7 aromatic rings. The Bertz CT molecular complexity index is 2300. The van der Waals surface area contributed by atoms with E-state index >= 15 is 0 Å². The normalized spacial score (nSPS) is 13.5. The van der Waals surface area contributed by atoms with Gasteiger partial charge in [0.2, 0.25) is 0 Å². The molecule has 0 aromatic heterocycles. The Morgan fingerprint density at radius 2 is 1.02 bits per heavy atom. The Balaban J connectivity index is 1.18. The molecule has 1 heterocycles. The summed E-state index contributed by atoms with van der Waals surface area (Å²) >= 11 is 0. The fourth-order valence-corrected chi connectivity index (χ4v) is 7.20. The molecule has 0 amide bonds. The van der Waals surface area contributed by atoms with Crippen LogP contribution >= 0.6 is 0 Å². The molecule has 0 N–H and O–H groups in total. The van der Waals surface area contributed by atoms with Crippen molar-refractivity contribution in [2.45, 2.75) is 19.3 Å². The van der Waals surface area contributed by atoms with Crippen molar-refractivity contribution in [3.63, 3.8) is 0 Å². The average molecular weight is 594 g/mol. The molecule has 0 atom stereocenters. The maximum atomic E-state index is 6.36. The summed E-state index contributed by atoms with van der Waals surface area (Å²) in [5.41, 5.74) is 10.8. The summed E-state index contributed by atoms with van der Waals surface area (Å²) in [6.07, 6.45) is 0. The van der Waals surface area contributed by atoms with E-state index in [0.29, 0.717) is 11.5 Å². The monoisotopic (exact) mass is 593 g/mol. The molecule has 1 aliphatic heterocycles. The quantitative estimate of drug-likeness (QED) is 0.203. The van der Waals surface area contributed by atoms with Gasteiger partial charge in [0.05, 0.1) is 5.69 Å². The molecule has 0 radical (unpaired) electrons. The fraction of sp³-hybridized carbons (Fsp3) is 0.0698. The summed E-state index contributed by atoms with van der Waals surface area (Å²) in [5, 5.41) is 2.49. The number of nitrogens with zero attached hydrogens (tertiary/aromatic N) is 1. The molecule has 9 rings (SSSR count). The average Bonchev–Trinajstić information content (AvgIpc) is 3.33. The molecule has 1 aliphatic carbocycles. The zero-order valence-corrected chi connectivity index (χ0v) is 25.7. The summed E-state index contributed by atoms with van der Waals surface area (Å²) < 4.78 is 12.6. The Kier molecular flexibility index (Phi) is 5.85. The number of hydrogen-bond donors (Lipinski definition) is 0. The maximum absolute atomic E-state index is 6.36. The van der Waals surface area contributed by atoms with Crippen LogP contribution in [0.1, 0.15) is 25.0 Å². The predicted molar refractivity (Wildman–Crippen MR) is 188 cm³/mol. The van der Waals surface area contributed by atoms with E-state index in [9.17, 15) is 0 Å². The first-order chi connectivity index (χ1) is 22.5. The number of fused-ring (bicyclic) bond motifs is 6. The zero-order valence-electron chi connectivity index (χ0n) is 25.7. The SMILES string of the molecule is CC1(C)c2ccccc2-c2ccc(N(c3ccc(-c4cccc5ccccc45)cc3)c3ccc4c(c3)Oc3ccccc3O4)cc21. The fourth-order valence-electron chi connectivity index (χ4n) is 7.20. The van der Waals surface area contributed by atoms with Gasteiger partial charge in [0.25, 0.3) is 0 Å². The van der Waals surface area contributed by atoms with Crippen molar-refractivity contribution in [3.8, 4) is 45.3 Å². The minimum atomic E-state index is -0.109. The smallest absolute Gasteiger partial charge is 0.172 e. The van der Waals surface area contributed by atoms with Crippen LogP contribution in [-0.2, 0) is 5.41 Å². The summed E-state index contributed by atoms with van der Waals surface area (Å²) in [4.78, 5) is 2.32. The Morgan fingerprint density at radius 1 is 0.435 bits per heavy atom. The molecule has 220 valence electrons. The second-order valence-electron chi connectivity index (χ2n) is 12.6. The van der Waals surface area contributed by atoms with Crippen molar-refractivity contribution in [2.75, 3.05) is 4.90 Å². The lowest BCUT2D eigenvalue weighted by Crippen LogP contribution is -2.16. The van der Waals surface area contributed by atoms with Gasteiger partial charge in [0.1, 0.15) is 0 Å². The molecule has 0 saturated carbocycles. The number of benzene rings is 7. The van der Waals surface area contributed by atoms with Gasteiger partial charge < -0.3 is 14.4 Å². The Morgan fingerprint density at radius 3 is 1.87 bits per heavy atom. The molecule has 0 bridgehead atoms. The van der Waals surface area contributed by atoms with Crippen LogP contribution < -0.4 is 14.4 Å². The van der Waals surface area contributed by atoms with Crippen molar-refractivity contribution in [1.82, 2.24) is 0 Å². The number of para-hydroxylation sites is 2. The van der Waals surface area contributed by atoms with Gasteiger partial charge in [0.15, 0.2) is 23.0 Å². The van der Waals surface area contributed by atoms with Gasteiger partial charge >= 0.3 is 0 Å². The van der Waals surface area contributed by atoms with Gasteiger partial charge in [-0.15, -0.1) is 0 Å². The molecule has 0 spiro atoms. The molecule has 7 aromatic carbocycles. The zero-order chi connectivity index (χ0) is 30.8. The van der Waals surface area contributed by atoms with E-state index in [2.05, 4.69) is 140 Å². The van der Waals surface area contributed by atoms with Crippen molar-refractivity contribution in [3.05, 3.63) is 163 Å². The first kappa shape index (κ1) is 26.6. The van der Waals surface area contributed by atoms with Crippen molar-refractivity contribution in [1.29, 1.82) is 0 Å². The van der Waals surface area contributed by atoms with Gasteiger partial charge in [-0.2, -0.15) is 0 Å². The number of anilines is 3. The van der Waals surface area contributed by atoms with Crippen LogP contribution in [0.4, 0.5) is 17.1 Å². The summed E-state index contributed by atoms with van der Waals surface area (Å²) in [6, 6.07) is 53.6. The van der Waals surface area contributed by atoms with Crippen LogP contribution in [0.2, 0.25) is 0 Å². The van der Waals surface area contributed by atoms with Crippen LogP contribution in [0.5, 0.6) is 23.0 Å². The molecule has 0 fully saturated rings. The van der Waals surface area contributed by atoms with E-state index in [4.69, 9.17) is 9.47 Å². The first-order valence-electron chi connectivity index (χ1n) is 15.8. The number of rotatable bonds is 4. The highest BCUT2D eigenvalue weighted by Crippen LogP contribution is 2.52. The number of ether oxygens (including phenoxy) is 2. The molecular weight excluding hydrogens is 562 g/mol. The minimum absolute atomic E-state index is 0.109. The first-order valence-corrected chi connectivity index (χ1v) is 15.8. The van der Waals surface area contributed by atoms with Crippen LogP contribution in [0.25, 0.3) is 33.0 Å². The van der Waals surface area contributed by atoms with E-state index in [-0.39, 0.29) is 5.41 Å². The van der Waals surface area contributed by atoms with Gasteiger partial charge in [-0.1, -0.05) is 111 Å². The highest BCUT2D eigenvalue weighted by Gasteiger charge is 2.35. The molecule has 0 saturated heterocycles. The predicted octanol–water partition coefficient (Wildman–Crippen LogP) is 12.2. The molecule has 3 nitrogen and oxygen atoms in total. The highest BCUT2D eigenvalue weighted by atomic mass is 16.6. The van der Waals surface area contributed by atoms with E-state index in [1.54, 1.807) is 0 Å². The van der Waals surface area contributed by atoms with Gasteiger partial charge in [-0.05, 0) is 92.7 Å². The van der Waals surface area contributed by atoms with Crippen molar-refractivity contribution in [2.24, 2.45) is 0 Å². The molecule has 2 aliphatic rings. The van der Waals surface area contributed by atoms with E-state index in [1.807, 2.05) is 30.3 Å². The van der Waals surface area contributed by atoms with Gasteiger partial charge in [-0.3, -0.25) is 0 Å². The summed E-state index contributed by atoms with van der Waals surface area (Å²) in [7, 11) is 0. The molecule has 3 heteroatoms. The van der Waals surface area contributed by atoms with Crippen molar-refractivity contribution >= 4 is 27.8 Å². The molecule has 46 heavy (non-hydrogen) atoms. The van der Waals surface area contributed by atoms with Crippen LogP contribution in [-0.4, -0.2) is 0 Å².